The van der Waals surface area contributed by atoms with Crippen molar-refractivity contribution in [3.8, 4) is 11.4 Å². The zero-order chi connectivity index (χ0) is 15.6. The fourth-order valence-corrected chi connectivity index (χ4v) is 2.29. The Labute approximate surface area is 127 Å². The highest BCUT2D eigenvalue weighted by atomic mass is 79.9. The number of halogens is 4. The van der Waals surface area contributed by atoms with Crippen LogP contribution in [0.2, 0.25) is 0 Å². The highest BCUT2D eigenvalue weighted by Crippen LogP contribution is 2.34. The Morgan fingerprint density at radius 1 is 1.33 bits per heavy atom. The van der Waals surface area contributed by atoms with Crippen LogP contribution < -0.4 is 5.32 Å². The fraction of sp³-hybridized carbons (Fsp3) is 0.417. The van der Waals surface area contributed by atoms with Crippen molar-refractivity contribution in [3.05, 3.63) is 22.3 Å². The summed E-state index contributed by atoms with van der Waals surface area (Å²) in [6.07, 6.45) is -3.66. The molecule has 2 aromatic rings. The van der Waals surface area contributed by atoms with Gasteiger partial charge in [-0.25, -0.2) is 9.67 Å². The lowest BCUT2D eigenvalue weighted by atomic mass is 10.2. The second-order valence-corrected chi connectivity index (χ2v) is 5.15. The smallest absolute Gasteiger partial charge is 0.370 e. The number of nitrogens with one attached hydrogen (secondary N) is 1. The quantitative estimate of drug-likeness (QED) is 0.903. The molecule has 0 unspecified atom stereocenters. The number of alkyl halides is 3. The highest BCUT2D eigenvalue weighted by molar-refractivity contribution is 9.10. The van der Waals surface area contributed by atoms with Gasteiger partial charge in [0.2, 0.25) is 0 Å². The van der Waals surface area contributed by atoms with Crippen LogP contribution in [-0.2, 0) is 13.2 Å². The van der Waals surface area contributed by atoms with E-state index in [1.54, 1.807) is 7.05 Å². The number of aromatic nitrogens is 4. The van der Waals surface area contributed by atoms with Gasteiger partial charge in [0.1, 0.15) is 11.5 Å². The average molecular weight is 364 g/mol. The number of aryl methyl sites for hydroxylation is 1. The summed E-state index contributed by atoms with van der Waals surface area (Å²) in [7, 11) is 1.59. The van der Waals surface area contributed by atoms with E-state index in [0.29, 0.717) is 16.8 Å². The summed E-state index contributed by atoms with van der Waals surface area (Å²) in [5, 5.41) is 10.4. The molecule has 0 aliphatic carbocycles. The molecule has 21 heavy (non-hydrogen) atoms. The molecule has 0 bridgehead atoms. The van der Waals surface area contributed by atoms with E-state index >= 15 is 0 Å². The van der Waals surface area contributed by atoms with Gasteiger partial charge < -0.3 is 5.32 Å². The van der Waals surface area contributed by atoms with Crippen LogP contribution in [0.15, 0.2) is 16.7 Å². The maximum absolute atomic E-state index is 13.0. The number of hydrogen-bond donors (Lipinski definition) is 1. The van der Waals surface area contributed by atoms with E-state index in [1.807, 2.05) is 6.92 Å². The Morgan fingerprint density at radius 3 is 2.57 bits per heavy atom. The van der Waals surface area contributed by atoms with Gasteiger partial charge in [-0.1, -0.05) is 12.1 Å². The number of pyridine rings is 1. The molecule has 5 nitrogen and oxygen atoms in total. The van der Waals surface area contributed by atoms with E-state index < -0.39 is 11.7 Å². The first kappa shape index (κ1) is 15.7. The van der Waals surface area contributed by atoms with Crippen LogP contribution in [0, 0.1) is 0 Å². The molecule has 9 heteroatoms. The predicted octanol–water partition coefficient (Wildman–Crippen LogP) is 3.48. The summed E-state index contributed by atoms with van der Waals surface area (Å²) in [5.41, 5.74) is -0.220. The average Bonchev–Trinajstić information content (AvgIpc) is 2.74. The number of nitrogens with zero attached hydrogens (tertiary/aromatic N) is 4. The topological polar surface area (TPSA) is 55.6 Å². The molecule has 0 amide bonds. The van der Waals surface area contributed by atoms with Crippen molar-refractivity contribution in [2.75, 3.05) is 11.9 Å². The summed E-state index contributed by atoms with van der Waals surface area (Å²) >= 11 is 3.17. The van der Waals surface area contributed by atoms with E-state index in [1.165, 1.54) is 4.68 Å². The van der Waals surface area contributed by atoms with Crippen LogP contribution in [0.5, 0.6) is 0 Å². The number of anilines is 1. The van der Waals surface area contributed by atoms with Gasteiger partial charge in [-0.15, -0.1) is 5.10 Å². The first-order chi connectivity index (χ1) is 9.82. The molecule has 0 aromatic carbocycles. The SMILES string of the molecule is CCCNc1cc(C(F)(F)F)cc(-c2c(Br)nnn2C)n1. The Hall–Kier alpha value is -1.64. The van der Waals surface area contributed by atoms with E-state index in [0.717, 1.165) is 18.6 Å². The van der Waals surface area contributed by atoms with Crippen molar-refractivity contribution in [1.82, 2.24) is 20.0 Å². The third-order valence-electron chi connectivity index (χ3n) is 2.74. The van der Waals surface area contributed by atoms with E-state index in [2.05, 4.69) is 36.5 Å². The monoisotopic (exact) mass is 363 g/mol. The van der Waals surface area contributed by atoms with E-state index in [-0.39, 0.29) is 11.5 Å². The summed E-state index contributed by atoms with van der Waals surface area (Å²) in [6, 6.07) is 1.98. The summed E-state index contributed by atoms with van der Waals surface area (Å²) in [5.74, 6) is 0.176. The second kappa shape index (κ2) is 6.00. The van der Waals surface area contributed by atoms with Gasteiger partial charge in [0, 0.05) is 13.6 Å². The zero-order valence-electron chi connectivity index (χ0n) is 11.4. The molecule has 0 aliphatic rings. The third kappa shape index (κ3) is 3.52. The minimum atomic E-state index is -4.45. The van der Waals surface area contributed by atoms with Gasteiger partial charge in [0.05, 0.1) is 11.3 Å². The summed E-state index contributed by atoms with van der Waals surface area (Å²) in [4.78, 5) is 4.21. The maximum atomic E-state index is 13.0. The second-order valence-electron chi connectivity index (χ2n) is 4.40. The molecule has 2 rings (SSSR count). The van der Waals surface area contributed by atoms with E-state index in [9.17, 15) is 13.2 Å². The normalized spacial score (nSPS) is 11.7. The molecule has 2 aromatic heterocycles. The van der Waals surface area contributed by atoms with Crippen molar-refractivity contribution in [2.45, 2.75) is 19.5 Å². The predicted molar refractivity (Wildman–Crippen MR) is 75.7 cm³/mol. The Kier molecular flexibility index (Phi) is 4.50. The van der Waals surface area contributed by atoms with Gasteiger partial charge in [-0.05, 0) is 34.5 Å². The van der Waals surface area contributed by atoms with Crippen molar-refractivity contribution in [2.24, 2.45) is 7.05 Å². The lowest BCUT2D eigenvalue weighted by Gasteiger charge is -2.12. The molecule has 0 saturated carbocycles. The van der Waals surface area contributed by atoms with Gasteiger partial charge in [-0.3, -0.25) is 0 Å². The minimum absolute atomic E-state index is 0.155. The standard InChI is InChI=1S/C12H13BrF3N5/c1-3-4-17-9-6-7(12(14,15)16)5-8(18-9)10-11(13)19-20-21(10)2/h5-6H,3-4H2,1-2H3,(H,17,18). The Balaban J connectivity index is 2.55. The van der Waals surface area contributed by atoms with E-state index in [4.69, 9.17) is 0 Å². The lowest BCUT2D eigenvalue weighted by molar-refractivity contribution is -0.137. The van der Waals surface area contributed by atoms with Gasteiger partial charge in [-0.2, -0.15) is 13.2 Å². The lowest BCUT2D eigenvalue weighted by Crippen LogP contribution is -2.10. The van der Waals surface area contributed by atoms with Crippen LogP contribution in [0.3, 0.4) is 0 Å². The van der Waals surface area contributed by atoms with Crippen LogP contribution in [0.1, 0.15) is 18.9 Å². The molecule has 0 radical (unpaired) electrons. The molecular weight excluding hydrogens is 351 g/mol. The first-order valence-corrected chi connectivity index (χ1v) is 7.01. The van der Waals surface area contributed by atoms with Crippen LogP contribution in [0.25, 0.3) is 11.4 Å². The summed E-state index contributed by atoms with van der Waals surface area (Å²) in [6.45, 7) is 2.46. The fourth-order valence-electron chi connectivity index (χ4n) is 1.76. The van der Waals surface area contributed by atoms with Crippen LogP contribution >= 0.6 is 15.9 Å². The van der Waals surface area contributed by atoms with Crippen molar-refractivity contribution in [3.63, 3.8) is 0 Å². The highest BCUT2D eigenvalue weighted by Gasteiger charge is 2.32. The third-order valence-corrected chi connectivity index (χ3v) is 3.27. The summed E-state index contributed by atoms with van der Waals surface area (Å²) < 4.78 is 40.7. The van der Waals surface area contributed by atoms with Gasteiger partial charge in [0.15, 0.2) is 4.60 Å². The minimum Gasteiger partial charge on any atom is -0.370 e. The molecular formula is C12H13BrF3N5. The molecule has 114 valence electrons. The number of rotatable bonds is 4. The maximum Gasteiger partial charge on any atom is 0.416 e. The van der Waals surface area contributed by atoms with Gasteiger partial charge in [0.25, 0.3) is 0 Å². The van der Waals surface area contributed by atoms with Crippen molar-refractivity contribution in [1.29, 1.82) is 0 Å². The molecule has 0 fully saturated rings. The number of hydrogen-bond acceptors (Lipinski definition) is 4. The van der Waals surface area contributed by atoms with Crippen molar-refractivity contribution >= 4 is 21.7 Å². The molecule has 0 aliphatic heterocycles. The zero-order valence-corrected chi connectivity index (χ0v) is 13.0. The van der Waals surface area contributed by atoms with Crippen LogP contribution in [-0.4, -0.2) is 26.5 Å². The van der Waals surface area contributed by atoms with Crippen molar-refractivity contribution < 1.29 is 13.2 Å². The molecule has 1 N–H and O–H groups in total. The van der Waals surface area contributed by atoms with Crippen LogP contribution in [0.4, 0.5) is 19.0 Å². The molecule has 2 heterocycles. The largest absolute Gasteiger partial charge is 0.416 e. The Morgan fingerprint density at radius 2 is 2.05 bits per heavy atom. The molecule has 0 saturated heterocycles. The first-order valence-electron chi connectivity index (χ1n) is 6.21. The Bertz CT molecular complexity index is 619. The molecule has 0 spiro atoms. The molecule has 0 atom stereocenters. The van der Waals surface area contributed by atoms with Gasteiger partial charge >= 0.3 is 6.18 Å².